The number of rotatable bonds is 6. The van der Waals surface area contributed by atoms with Gasteiger partial charge in [-0.3, -0.25) is 4.79 Å². The maximum absolute atomic E-state index is 13.1. The first-order valence-electron chi connectivity index (χ1n) is 7.22. The van der Waals surface area contributed by atoms with Crippen LogP contribution >= 0.6 is 11.6 Å². The Balaban J connectivity index is 1.99. The number of carbonyl (C=O) groups is 1. The fourth-order valence-electron chi connectivity index (χ4n) is 1.90. The van der Waals surface area contributed by atoms with Crippen LogP contribution in [0.4, 0.5) is 10.1 Å². The van der Waals surface area contributed by atoms with Gasteiger partial charge in [0.1, 0.15) is 5.82 Å². The van der Waals surface area contributed by atoms with Gasteiger partial charge in [-0.15, -0.1) is 0 Å². The highest BCUT2D eigenvalue weighted by Crippen LogP contribution is 2.19. The minimum atomic E-state index is -3.75. The molecule has 0 fully saturated rings. The Kier molecular flexibility index (Phi) is 6.30. The van der Waals surface area contributed by atoms with Crippen molar-refractivity contribution in [1.82, 2.24) is 4.31 Å². The van der Waals surface area contributed by atoms with Crippen LogP contribution in [-0.2, 0) is 14.8 Å². The van der Waals surface area contributed by atoms with Gasteiger partial charge in [-0.05, 0) is 29.8 Å². The smallest absolute Gasteiger partial charge is 0.239 e. The molecule has 0 aromatic heterocycles. The lowest BCUT2D eigenvalue weighted by atomic mass is 10.2. The fraction of sp³-hybridized carbons (Fsp3) is 0.118. The van der Waals surface area contributed by atoms with E-state index in [2.05, 4.69) is 5.32 Å². The Hall–Kier alpha value is -2.22. The predicted octanol–water partition coefficient (Wildman–Crippen LogP) is 3.35. The van der Waals surface area contributed by atoms with Crippen molar-refractivity contribution in [2.75, 3.05) is 18.9 Å². The Morgan fingerprint density at radius 3 is 2.56 bits per heavy atom. The summed E-state index contributed by atoms with van der Waals surface area (Å²) in [7, 11) is -2.46. The number of likely N-dealkylation sites (N-methyl/N-ethyl adjacent to an activating group) is 1. The molecule has 0 aliphatic rings. The Labute approximate surface area is 150 Å². The number of halogens is 2. The second-order valence-electron chi connectivity index (χ2n) is 5.19. The number of amides is 1. The van der Waals surface area contributed by atoms with Crippen LogP contribution in [0.3, 0.4) is 0 Å². The molecule has 25 heavy (non-hydrogen) atoms. The molecule has 0 radical (unpaired) electrons. The molecular formula is C17H16ClFN2O3S. The van der Waals surface area contributed by atoms with E-state index in [1.807, 2.05) is 6.07 Å². The molecular weight excluding hydrogens is 367 g/mol. The van der Waals surface area contributed by atoms with Gasteiger partial charge in [0.2, 0.25) is 15.9 Å². The van der Waals surface area contributed by atoms with Crippen molar-refractivity contribution < 1.29 is 17.6 Å². The van der Waals surface area contributed by atoms with Crippen LogP contribution in [0.2, 0.25) is 5.02 Å². The van der Waals surface area contributed by atoms with Crippen LogP contribution < -0.4 is 5.32 Å². The molecule has 0 heterocycles. The number of hydrogen-bond donors (Lipinski definition) is 1. The van der Waals surface area contributed by atoms with Crippen molar-refractivity contribution >= 4 is 39.3 Å². The minimum absolute atomic E-state index is 0.135. The number of benzene rings is 2. The average molecular weight is 383 g/mol. The molecule has 5 nitrogen and oxygen atoms in total. The van der Waals surface area contributed by atoms with Gasteiger partial charge in [0.15, 0.2) is 0 Å². The molecule has 0 unspecified atom stereocenters. The molecule has 0 aliphatic carbocycles. The molecule has 1 N–H and O–H groups in total. The van der Waals surface area contributed by atoms with Gasteiger partial charge in [-0.2, -0.15) is 4.31 Å². The maximum atomic E-state index is 13.1. The monoisotopic (exact) mass is 382 g/mol. The molecule has 2 rings (SSSR count). The summed E-state index contributed by atoms with van der Waals surface area (Å²) in [6.45, 7) is -0.392. The highest BCUT2D eigenvalue weighted by Gasteiger charge is 2.18. The summed E-state index contributed by atoms with van der Waals surface area (Å²) in [5.41, 5.74) is 1.01. The third-order valence-electron chi connectivity index (χ3n) is 3.24. The summed E-state index contributed by atoms with van der Waals surface area (Å²) < 4.78 is 38.4. The third-order valence-corrected chi connectivity index (χ3v) is 5.00. The van der Waals surface area contributed by atoms with E-state index in [0.29, 0.717) is 0 Å². The van der Waals surface area contributed by atoms with Crippen LogP contribution in [0.1, 0.15) is 5.56 Å². The molecule has 0 saturated heterocycles. The molecule has 0 atom stereocenters. The quantitative estimate of drug-likeness (QED) is 0.833. The summed E-state index contributed by atoms with van der Waals surface area (Å²) in [6.07, 6.45) is 1.45. The Morgan fingerprint density at radius 2 is 1.92 bits per heavy atom. The van der Waals surface area contributed by atoms with Crippen molar-refractivity contribution in [2.45, 2.75) is 0 Å². The standard InChI is InChI=1S/C17H16ClFN2O3S/c1-21(25(23,24)10-9-13-5-3-2-4-6-13)12-17(22)20-14-7-8-16(19)15(18)11-14/h2-11H,12H2,1H3,(H,20,22)/b10-9+. The zero-order valence-electron chi connectivity index (χ0n) is 13.3. The van der Waals surface area contributed by atoms with Crippen LogP contribution in [0.15, 0.2) is 53.9 Å². The molecule has 0 saturated carbocycles. The number of carbonyl (C=O) groups excluding carboxylic acids is 1. The van der Waals surface area contributed by atoms with Crippen molar-refractivity contribution in [1.29, 1.82) is 0 Å². The molecule has 1 amide bonds. The highest BCUT2D eigenvalue weighted by molar-refractivity contribution is 7.92. The fourth-order valence-corrected chi connectivity index (χ4v) is 2.91. The van der Waals surface area contributed by atoms with Crippen LogP contribution in [0.25, 0.3) is 6.08 Å². The zero-order chi connectivity index (χ0) is 18.4. The van der Waals surface area contributed by atoms with E-state index in [1.165, 1.54) is 25.3 Å². The largest absolute Gasteiger partial charge is 0.325 e. The van der Waals surface area contributed by atoms with E-state index in [1.54, 1.807) is 24.3 Å². The van der Waals surface area contributed by atoms with Gasteiger partial charge in [-0.1, -0.05) is 41.9 Å². The third kappa shape index (κ3) is 5.67. The van der Waals surface area contributed by atoms with E-state index in [0.717, 1.165) is 21.3 Å². The lowest BCUT2D eigenvalue weighted by Crippen LogP contribution is -2.33. The molecule has 0 aliphatic heterocycles. The van der Waals surface area contributed by atoms with E-state index in [-0.39, 0.29) is 10.7 Å². The first kappa shape index (κ1) is 19.1. The van der Waals surface area contributed by atoms with Crippen LogP contribution in [0.5, 0.6) is 0 Å². The molecule has 0 bridgehead atoms. The van der Waals surface area contributed by atoms with Crippen LogP contribution in [-0.4, -0.2) is 32.2 Å². The molecule has 0 spiro atoms. The normalized spacial score (nSPS) is 11.8. The number of nitrogens with zero attached hydrogens (tertiary/aromatic N) is 1. The lowest BCUT2D eigenvalue weighted by Gasteiger charge is -2.14. The summed E-state index contributed by atoms with van der Waals surface area (Å²) in [5.74, 6) is -1.17. The number of sulfonamides is 1. The number of anilines is 1. The first-order chi connectivity index (χ1) is 11.8. The zero-order valence-corrected chi connectivity index (χ0v) is 14.9. The van der Waals surface area contributed by atoms with Gasteiger partial charge >= 0.3 is 0 Å². The molecule has 132 valence electrons. The maximum Gasteiger partial charge on any atom is 0.239 e. The Morgan fingerprint density at radius 1 is 1.24 bits per heavy atom. The topological polar surface area (TPSA) is 66.5 Å². The highest BCUT2D eigenvalue weighted by atomic mass is 35.5. The van der Waals surface area contributed by atoms with Gasteiger partial charge < -0.3 is 5.32 Å². The Bertz CT molecular complexity index is 886. The molecule has 2 aromatic rings. The van der Waals surface area contributed by atoms with E-state index in [9.17, 15) is 17.6 Å². The van der Waals surface area contributed by atoms with Gasteiger partial charge in [0.25, 0.3) is 0 Å². The van der Waals surface area contributed by atoms with Crippen LogP contribution in [0, 0.1) is 5.82 Å². The summed E-state index contributed by atoms with van der Waals surface area (Å²) in [4.78, 5) is 12.0. The average Bonchev–Trinajstić information content (AvgIpc) is 2.57. The lowest BCUT2D eigenvalue weighted by molar-refractivity contribution is -0.116. The van der Waals surface area contributed by atoms with E-state index < -0.39 is 28.3 Å². The van der Waals surface area contributed by atoms with E-state index in [4.69, 9.17) is 11.6 Å². The SMILES string of the molecule is CN(CC(=O)Nc1ccc(F)c(Cl)c1)S(=O)(=O)/C=C/c1ccccc1. The van der Waals surface area contributed by atoms with Crippen molar-refractivity contribution in [3.8, 4) is 0 Å². The first-order valence-corrected chi connectivity index (χ1v) is 9.10. The van der Waals surface area contributed by atoms with Crippen molar-refractivity contribution in [3.05, 3.63) is 70.3 Å². The van der Waals surface area contributed by atoms with Crippen molar-refractivity contribution in [2.24, 2.45) is 0 Å². The molecule has 2 aromatic carbocycles. The summed E-state index contributed by atoms with van der Waals surface area (Å²) in [5, 5.41) is 3.36. The van der Waals surface area contributed by atoms with E-state index >= 15 is 0 Å². The second kappa shape index (κ2) is 8.24. The number of nitrogens with one attached hydrogen (secondary N) is 1. The van der Waals surface area contributed by atoms with Gasteiger partial charge in [0.05, 0.1) is 11.6 Å². The second-order valence-corrected chi connectivity index (χ2v) is 7.52. The van der Waals surface area contributed by atoms with Gasteiger partial charge in [0, 0.05) is 18.1 Å². The molecule has 8 heteroatoms. The van der Waals surface area contributed by atoms with Crippen molar-refractivity contribution in [3.63, 3.8) is 0 Å². The van der Waals surface area contributed by atoms with Gasteiger partial charge in [-0.25, -0.2) is 12.8 Å². The summed E-state index contributed by atoms with van der Waals surface area (Å²) in [6, 6.07) is 12.6. The minimum Gasteiger partial charge on any atom is -0.325 e. The number of hydrogen-bond acceptors (Lipinski definition) is 3. The summed E-state index contributed by atoms with van der Waals surface area (Å²) >= 11 is 5.63. The predicted molar refractivity (Wildman–Crippen MR) is 97.1 cm³/mol.